The molecule has 3 fully saturated rings. The summed E-state index contributed by atoms with van der Waals surface area (Å²) < 4.78 is 40.1. The van der Waals surface area contributed by atoms with Gasteiger partial charge in [-0.15, -0.1) is 0 Å². The predicted molar refractivity (Wildman–Crippen MR) is 281 cm³/mol. The number of amides is 6. The molecule has 396 valence electrons. The second-order valence-electron chi connectivity index (χ2n) is 21.9. The van der Waals surface area contributed by atoms with Crippen molar-refractivity contribution in [1.82, 2.24) is 46.7 Å². The van der Waals surface area contributed by atoms with Crippen LogP contribution in [0.25, 0.3) is 32.9 Å². The van der Waals surface area contributed by atoms with Crippen molar-refractivity contribution in [2.24, 2.45) is 0 Å². The van der Waals surface area contributed by atoms with Crippen LogP contribution < -0.4 is 31.9 Å². The normalized spacial score (nSPS) is 24.9. The van der Waals surface area contributed by atoms with Gasteiger partial charge in [-0.1, -0.05) is 42.5 Å². The van der Waals surface area contributed by atoms with Crippen LogP contribution in [0.2, 0.25) is 0 Å². The van der Waals surface area contributed by atoms with E-state index >= 15 is 0 Å². The number of nitrogens with one attached hydrogen (secondary N) is 6. The van der Waals surface area contributed by atoms with E-state index in [2.05, 4.69) is 79.2 Å². The Bertz CT molecular complexity index is 3270. The Hall–Kier alpha value is -6.89. The molecule has 9 atom stereocenters. The lowest BCUT2D eigenvalue weighted by molar-refractivity contribution is -0.0880. The third kappa shape index (κ3) is 10.4. The summed E-state index contributed by atoms with van der Waals surface area (Å²) in [5.74, 6) is 3.09. The van der Waals surface area contributed by atoms with Crippen molar-refractivity contribution in [2.45, 2.75) is 160 Å². The van der Waals surface area contributed by atoms with Crippen molar-refractivity contribution >= 4 is 51.0 Å². The quantitative estimate of drug-likeness (QED) is 0.0676. The lowest BCUT2D eigenvalue weighted by atomic mass is 9.86. The second kappa shape index (κ2) is 20.3. The molecule has 18 nitrogen and oxygen atoms in total. The van der Waals surface area contributed by atoms with Gasteiger partial charge in [-0.05, 0) is 110 Å². The van der Waals surface area contributed by atoms with E-state index < -0.39 is 17.2 Å². The van der Waals surface area contributed by atoms with Crippen molar-refractivity contribution in [1.29, 1.82) is 0 Å². The van der Waals surface area contributed by atoms with Gasteiger partial charge in [0.1, 0.15) is 46.2 Å². The van der Waals surface area contributed by atoms with Gasteiger partial charge in [0.05, 0.1) is 54.6 Å². The maximum Gasteiger partial charge on any atom is 0.315 e. The average molecular weight is 1020 g/mol. The van der Waals surface area contributed by atoms with E-state index in [0.29, 0.717) is 76.4 Å². The largest absolute Gasteiger partial charge is 0.459 e. The molecule has 3 aromatic carbocycles. The fourth-order valence-electron chi connectivity index (χ4n) is 12.2. The van der Waals surface area contributed by atoms with Crippen LogP contribution >= 0.6 is 0 Å². The van der Waals surface area contributed by atoms with Gasteiger partial charge in [0.2, 0.25) is 0 Å². The van der Waals surface area contributed by atoms with Gasteiger partial charge in [0, 0.05) is 77.4 Å². The van der Waals surface area contributed by atoms with Crippen molar-refractivity contribution in [3.8, 4) is 0 Å². The van der Waals surface area contributed by atoms with Crippen LogP contribution in [0.1, 0.15) is 141 Å². The number of hydrogen-bond donors (Lipinski definition) is 6. The number of carbonyl (C=O) groups is 3. The van der Waals surface area contributed by atoms with Gasteiger partial charge in [-0.25, -0.2) is 24.0 Å². The number of fused-ring (bicyclic) bond motifs is 4. The Morgan fingerprint density at radius 2 is 1.24 bits per heavy atom. The van der Waals surface area contributed by atoms with Crippen LogP contribution in [0.3, 0.4) is 0 Å². The third-order valence-electron chi connectivity index (χ3n) is 16.1. The SMILES string of the molecule is Cc1c([C@H](C)NC(=O)NC2CCc3ncnn3C2)oc2cc(CC3(C)CC(NC(=O)N[C@@H](C)c4oc5cc(C6CC7(CO6)CC(NC(=O)N[C@@H](C)c6oc8ccccc8c6C)CCO7)ccc5c4C)CCO3)ccc12. The highest BCUT2D eigenvalue weighted by Crippen LogP contribution is 2.44. The van der Waals surface area contributed by atoms with E-state index in [1.807, 2.05) is 76.6 Å². The first-order valence-corrected chi connectivity index (χ1v) is 26.6. The van der Waals surface area contributed by atoms with Crippen LogP contribution in [-0.4, -0.2) is 82.0 Å². The number of urea groups is 3. The van der Waals surface area contributed by atoms with E-state index in [4.69, 9.17) is 27.5 Å². The first kappa shape index (κ1) is 50.3. The van der Waals surface area contributed by atoms with Crippen LogP contribution in [0.4, 0.5) is 14.4 Å². The van der Waals surface area contributed by atoms with Gasteiger partial charge in [0.15, 0.2) is 0 Å². The van der Waals surface area contributed by atoms with Crippen molar-refractivity contribution in [3.63, 3.8) is 0 Å². The zero-order valence-electron chi connectivity index (χ0n) is 43.9. The minimum atomic E-state index is -0.525. The number of aryl methyl sites for hydroxylation is 4. The Balaban J connectivity index is 0.661. The summed E-state index contributed by atoms with van der Waals surface area (Å²) in [6.07, 6.45) is 6.86. The van der Waals surface area contributed by atoms with Crippen molar-refractivity contribution < 1.29 is 41.8 Å². The smallest absolute Gasteiger partial charge is 0.315 e. The van der Waals surface area contributed by atoms with E-state index in [1.165, 1.54) is 0 Å². The lowest BCUT2D eigenvalue weighted by Crippen LogP contribution is -2.51. The summed E-state index contributed by atoms with van der Waals surface area (Å²) in [6.45, 7) is 16.0. The maximum atomic E-state index is 13.6. The van der Waals surface area contributed by atoms with Gasteiger partial charge in [-0.3, -0.25) is 0 Å². The summed E-state index contributed by atoms with van der Waals surface area (Å²) in [4.78, 5) is 44.2. The predicted octanol–water partition coefficient (Wildman–Crippen LogP) is 9.80. The molecule has 6 amide bonds. The molecule has 0 saturated carbocycles. The van der Waals surface area contributed by atoms with Crippen LogP contribution in [-0.2, 0) is 33.6 Å². The molecule has 75 heavy (non-hydrogen) atoms. The summed E-state index contributed by atoms with van der Waals surface area (Å²) in [7, 11) is 0. The number of carbonyl (C=O) groups excluding carboxylic acids is 3. The number of nitrogens with zero attached hydrogens (tertiary/aromatic N) is 3. The number of benzene rings is 3. The topological polar surface area (TPSA) is 221 Å². The fraction of sp³-hybridized carbons (Fsp3) is 0.491. The lowest BCUT2D eigenvalue weighted by Gasteiger charge is -2.39. The molecular formula is C57H69N9O9. The molecule has 6 unspecified atom stereocenters. The monoisotopic (exact) mass is 1020 g/mol. The maximum absolute atomic E-state index is 13.6. The second-order valence-corrected chi connectivity index (χ2v) is 21.9. The number of aromatic nitrogens is 3. The van der Waals surface area contributed by atoms with Gasteiger partial charge >= 0.3 is 18.1 Å². The van der Waals surface area contributed by atoms with Gasteiger partial charge in [0.25, 0.3) is 0 Å². The number of rotatable bonds is 12. The molecule has 4 aliphatic rings. The summed E-state index contributed by atoms with van der Waals surface area (Å²) in [5.41, 5.74) is 6.26. The molecule has 8 heterocycles. The molecule has 4 aromatic heterocycles. The third-order valence-corrected chi connectivity index (χ3v) is 16.1. The molecule has 4 aliphatic heterocycles. The molecule has 0 aliphatic carbocycles. The molecular weight excluding hydrogens is 955 g/mol. The number of furan rings is 3. The minimum Gasteiger partial charge on any atom is -0.459 e. The Labute approximate surface area is 435 Å². The summed E-state index contributed by atoms with van der Waals surface area (Å²) in [5, 5.41) is 26.0. The molecule has 3 saturated heterocycles. The zero-order chi connectivity index (χ0) is 52.2. The first-order chi connectivity index (χ1) is 36.1. The van der Waals surface area contributed by atoms with E-state index in [-0.39, 0.29) is 54.4 Å². The molecule has 6 N–H and O–H groups in total. The fourth-order valence-corrected chi connectivity index (χ4v) is 12.2. The highest BCUT2D eigenvalue weighted by atomic mass is 16.6. The zero-order valence-corrected chi connectivity index (χ0v) is 43.9. The van der Waals surface area contributed by atoms with E-state index in [1.54, 1.807) is 6.33 Å². The molecule has 0 radical (unpaired) electrons. The number of ether oxygens (including phenoxy) is 3. The molecule has 11 rings (SSSR count). The number of hydrogen-bond acceptors (Lipinski definition) is 11. The molecule has 1 spiro atoms. The highest BCUT2D eigenvalue weighted by molar-refractivity contribution is 5.85. The van der Waals surface area contributed by atoms with Crippen LogP contribution in [0, 0.1) is 20.8 Å². The number of para-hydroxylation sites is 1. The minimum absolute atomic E-state index is 0.0323. The van der Waals surface area contributed by atoms with E-state index in [0.717, 1.165) is 85.2 Å². The van der Waals surface area contributed by atoms with E-state index in [9.17, 15) is 14.4 Å². The summed E-state index contributed by atoms with van der Waals surface area (Å²) in [6, 6.07) is 18.3. The first-order valence-electron chi connectivity index (χ1n) is 26.6. The average Bonchev–Trinajstić information content (AvgIpc) is 4.21. The Kier molecular flexibility index (Phi) is 13.6. The van der Waals surface area contributed by atoms with Gasteiger partial charge < -0.3 is 59.4 Å². The van der Waals surface area contributed by atoms with Crippen LogP contribution in [0.15, 0.2) is 80.2 Å². The molecule has 0 bridgehead atoms. The molecule has 18 heteroatoms. The standard InChI is InChI=1S/C57H69N9O9/c1-31-42-10-8-9-11-45(42)73-50(31)34(4)60-54(68)64-40-19-21-72-57(26-40)27-48(70-29-57)38-13-16-44-33(3)52(75-47(44)23-38)36(6)61-53(67)63-39-18-20-71-56(7,25-39)24-37-12-15-43-32(2)51(74-46(43)22-37)35(5)62-55(69)65-41-14-17-49-58-30-59-66(49)28-41/h8-13,15-16,22-23,30,34-36,39-41,48H,14,17-21,24-29H2,1-7H3,(H2,60,64,68)(H2,61,63,67)(H2,62,65,69)/t34-,35-,36-,39?,40?,41?,48?,56?,57?/m0/s1. The summed E-state index contributed by atoms with van der Waals surface area (Å²) >= 11 is 0. The van der Waals surface area contributed by atoms with Crippen molar-refractivity contribution in [3.05, 3.63) is 118 Å². The Morgan fingerprint density at radius 3 is 1.91 bits per heavy atom. The van der Waals surface area contributed by atoms with Gasteiger partial charge in [-0.2, -0.15) is 5.10 Å². The van der Waals surface area contributed by atoms with Crippen molar-refractivity contribution in [2.75, 3.05) is 19.8 Å². The highest BCUT2D eigenvalue weighted by Gasteiger charge is 2.46. The molecule has 7 aromatic rings. The Morgan fingerprint density at radius 1 is 0.667 bits per heavy atom. The van der Waals surface area contributed by atoms with Crippen LogP contribution in [0.5, 0.6) is 0 Å².